The second-order valence-electron chi connectivity index (χ2n) is 9.99. The summed E-state index contributed by atoms with van der Waals surface area (Å²) < 4.78 is 5.23. The number of carbonyl (C=O) groups excluding carboxylic acids is 1. The van der Waals surface area contributed by atoms with Gasteiger partial charge in [-0.25, -0.2) is 9.79 Å². The van der Waals surface area contributed by atoms with Crippen LogP contribution < -0.4 is 10.6 Å². The lowest BCUT2D eigenvalue weighted by Crippen LogP contribution is -2.33. The average Bonchev–Trinajstić information content (AvgIpc) is 3.19. The van der Waals surface area contributed by atoms with Gasteiger partial charge >= 0.3 is 6.09 Å². The second kappa shape index (κ2) is 12.2. The molecule has 38 heavy (non-hydrogen) atoms. The van der Waals surface area contributed by atoms with Gasteiger partial charge in [0.05, 0.1) is 22.5 Å². The van der Waals surface area contributed by atoms with Crippen LogP contribution in [0.25, 0.3) is 10.9 Å². The number of aromatic nitrogens is 1. The van der Waals surface area contributed by atoms with Crippen LogP contribution in [0.15, 0.2) is 77.8 Å². The molecule has 0 saturated heterocycles. The molecule has 4 N–H and O–H groups in total. The number of rotatable bonds is 9. The van der Waals surface area contributed by atoms with E-state index in [1.54, 1.807) is 12.1 Å². The van der Waals surface area contributed by atoms with Crippen LogP contribution in [0.1, 0.15) is 43.9 Å². The van der Waals surface area contributed by atoms with E-state index in [2.05, 4.69) is 15.6 Å². The molecule has 0 aliphatic rings. The zero-order valence-corrected chi connectivity index (χ0v) is 22.6. The van der Waals surface area contributed by atoms with E-state index in [-0.39, 0.29) is 5.88 Å². The molecule has 0 radical (unpaired) electrons. The van der Waals surface area contributed by atoms with Crippen molar-refractivity contribution < 1.29 is 14.6 Å². The van der Waals surface area contributed by atoms with E-state index in [1.165, 1.54) is 0 Å². The number of hydrogen-bond acceptors (Lipinski definition) is 5. The fraction of sp³-hybridized carbons (Fsp3) is 0.267. The van der Waals surface area contributed by atoms with Crippen LogP contribution in [0.5, 0.6) is 5.88 Å². The van der Waals surface area contributed by atoms with Gasteiger partial charge in [-0.1, -0.05) is 60.1 Å². The van der Waals surface area contributed by atoms with Crippen LogP contribution in [0.2, 0.25) is 5.02 Å². The molecule has 0 fully saturated rings. The van der Waals surface area contributed by atoms with Gasteiger partial charge in [-0.05, 0) is 63.6 Å². The molecular weight excluding hydrogens is 500 g/mol. The van der Waals surface area contributed by atoms with Crippen LogP contribution in [-0.4, -0.2) is 40.6 Å². The SMILES string of the molecule is CC(C)(C)OC(=O)NCCCNCc1ccc(N=C(c2ccccc2)c2c(O)[nH]c3cc(Cl)ccc23)cc1. The highest BCUT2D eigenvalue weighted by Gasteiger charge is 2.19. The highest BCUT2D eigenvalue weighted by atomic mass is 35.5. The number of halogens is 1. The molecule has 0 bridgehead atoms. The Morgan fingerprint density at radius 2 is 1.76 bits per heavy atom. The molecular formula is C30H33ClN4O3. The van der Waals surface area contributed by atoms with Crippen LogP contribution in [-0.2, 0) is 11.3 Å². The maximum Gasteiger partial charge on any atom is 0.407 e. The van der Waals surface area contributed by atoms with Crippen LogP contribution in [0.3, 0.4) is 0 Å². The molecule has 1 aromatic heterocycles. The number of nitrogens with zero attached hydrogens (tertiary/aromatic N) is 1. The van der Waals surface area contributed by atoms with Crippen molar-refractivity contribution in [2.24, 2.45) is 4.99 Å². The summed E-state index contributed by atoms with van der Waals surface area (Å²) in [6.07, 6.45) is 0.398. The smallest absolute Gasteiger partial charge is 0.407 e. The highest BCUT2D eigenvalue weighted by Crippen LogP contribution is 2.32. The Morgan fingerprint density at radius 1 is 1.03 bits per heavy atom. The molecule has 1 heterocycles. The van der Waals surface area contributed by atoms with Gasteiger partial charge in [0.25, 0.3) is 0 Å². The zero-order valence-electron chi connectivity index (χ0n) is 21.8. The number of ether oxygens (including phenoxy) is 1. The molecule has 198 valence electrons. The molecule has 8 heteroatoms. The molecule has 0 aliphatic heterocycles. The monoisotopic (exact) mass is 532 g/mol. The Hall–Kier alpha value is -3.81. The van der Waals surface area contributed by atoms with E-state index in [9.17, 15) is 9.90 Å². The molecule has 1 amide bonds. The number of amides is 1. The van der Waals surface area contributed by atoms with Crippen LogP contribution >= 0.6 is 11.6 Å². The quantitative estimate of drug-likeness (QED) is 0.142. The number of aromatic hydroxyl groups is 1. The summed E-state index contributed by atoms with van der Waals surface area (Å²) in [7, 11) is 0. The number of H-pyrrole nitrogens is 1. The number of aromatic amines is 1. The number of fused-ring (bicyclic) bond motifs is 1. The van der Waals surface area contributed by atoms with Gasteiger partial charge in [0.1, 0.15) is 5.60 Å². The van der Waals surface area contributed by atoms with E-state index < -0.39 is 11.7 Å². The summed E-state index contributed by atoms with van der Waals surface area (Å²) in [5, 5.41) is 18.4. The first-order chi connectivity index (χ1) is 18.2. The normalized spacial score (nSPS) is 12.1. The number of aliphatic imine (C=N–C) groups is 1. The van der Waals surface area contributed by atoms with Gasteiger partial charge in [0.15, 0.2) is 5.88 Å². The van der Waals surface area contributed by atoms with Crippen LogP contribution in [0.4, 0.5) is 10.5 Å². The Bertz CT molecular complexity index is 1410. The number of hydrogen-bond donors (Lipinski definition) is 4. The Labute approximate surface area is 227 Å². The Morgan fingerprint density at radius 3 is 2.47 bits per heavy atom. The summed E-state index contributed by atoms with van der Waals surface area (Å²) >= 11 is 6.16. The van der Waals surface area contributed by atoms with Gasteiger partial charge in [-0.2, -0.15) is 0 Å². The zero-order chi connectivity index (χ0) is 27.1. The second-order valence-corrected chi connectivity index (χ2v) is 10.4. The van der Waals surface area contributed by atoms with Gasteiger partial charge in [-0.3, -0.25) is 0 Å². The maximum absolute atomic E-state index is 11.7. The predicted molar refractivity (Wildman–Crippen MR) is 154 cm³/mol. The number of carbonyl (C=O) groups is 1. The average molecular weight is 533 g/mol. The van der Waals surface area contributed by atoms with Crippen molar-refractivity contribution in [3.05, 3.63) is 94.5 Å². The first-order valence-electron chi connectivity index (χ1n) is 12.6. The van der Waals surface area contributed by atoms with Crippen molar-refractivity contribution in [1.82, 2.24) is 15.6 Å². The molecule has 3 aromatic carbocycles. The summed E-state index contributed by atoms with van der Waals surface area (Å²) in [4.78, 5) is 19.7. The third-order valence-corrected chi connectivity index (χ3v) is 5.96. The molecule has 0 atom stereocenters. The van der Waals surface area contributed by atoms with Crippen molar-refractivity contribution in [3.63, 3.8) is 0 Å². The summed E-state index contributed by atoms with van der Waals surface area (Å²) in [6.45, 7) is 7.54. The molecule has 7 nitrogen and oxygen atoms in total. The van der Waals surface area contributed by atoms with E-state index in [4.69, 9.17) is 21.3 Å². The van der Waals surface area contributed by atoms with Gasteiger partial charge in [0.2, 0.25) is 0 Å². The molecule has 4 rings (SSSR count). The molecule has 0 unspecified atom stereocenters. The number of nitrogens with one attached hydrogen (secondary N) is 3. The lowest BCUT2D eigenvalue weighted by Gasteiger charge is -2.19. The van der Waals surface area contributed by atoms with Gasteiger partial charge in [-0.15, -0.1) is 0 Å². The standard InChI is InChI=1S/C30H33ClN4O3/c1-30(2,3)38-29(37)33-17-7-16-32-19-20-10-13-23(14-11-20)34-27(21-8-5-4-6-9-21)26-24-15-12-22(31)18-25(24)35-28(26)36/h4-6,8-15,18,32,35-36H,7,16-17,19H2,1-3H3,(H,33,37). The number of benzene rings is 3. The van der Waals surface area contributed by atoms with Gasteiger partial charge < -0.3 is 25.5 Å². The molecule has 0 spiro atoms. The minimum Gasteiger partial charge on any atom is -0.494 e. The maximum atomic E-state index is 11.7. The third kappa shape index (κ3) is 7.37. The molecule has 4 aromatic rings. The minimum atomic E-state index is -0.496. The molecule has 0 aliphatic carbocycles. The number of alkyl carbamates (subject to hydrolysis) is 1. The summed E-state index contributed by atoms with van der Waals surface area (Å²) in [5.41, 5.74) is 4.34. The fourth-order valence-corrected chi connectivity index (χ4v) is 4.20. The minimum absolute atomic E-state index is 0.0480. The third-order valence-electron chi connectivity index (χ3n) is 5.73. The van der Waals surface area contributed by atoms with Crippen molar-refractivity contribution >= 4 is 40.0 Å². The first-order valence-corrected chi connectivity index (χ1v) is 13.0. The predicted octanol–water partition coefficient (Wildman–Crippen LogP) is 6.70. The largest absolute Gasteiger partial charge is 0.494 e. The van der Waals surface area contributed by atoms with Crippen LogP contribution in [0, 0.1) is 0 Å². The van der Waals surface area contributed by atoms with Crippen molar-refractivity contribution in [1.29, 1.82) is 0 Å². The van der Waals surface area contributed by atoms with E-state index in [0.717, 1.165) is 40.7 Å². The van der Waals surface area contributed by atoms with Crippen molar-refractivity contribution in [2.45, 2.75) is 39.3 Å². The summed E-state index contributed by atoms with van der Waals surface area (Å²) in [6, 6.07) is 23.3. The van der Waals surface area contributed by atoms with Gasteiger partial charge in [0, 0.05) is 29.1 Å². The lowest BCUT2D eigenvalue weighted by atomic mass is 10.0. The Balaban J connectivity index is 1.42. The van der Waals surface area contributed by atoms with E-state index in [0.29, 0.717) is 29.4 Å². The van der Waals surface area contributed by atoms with E-state index in [1.807, 2.05) is 81.4 Å². The molecule has 0 saturated carbocycles. The summed E-state index contributed by atoms with van der Waals surface area (Å²) in [5.74, 6) is 0.0480. The van der Waals surface area contributed by atoms with E-state index >= 15 is 0 Å². The fourth-order valence-electron chi connectivity index (χ4n) is 4.02. The van der Waals surface area contributed by atoms with Crippen molar-refractivity contribution in [2.75, 3.05) is 13.1 Å². The first kappa shape index (κ1) is 27.2. The topological polar surface area (TPSA) is 98.7 Å². The lowest BCUT2D eigenvalue weighted by molar-refractivity contribution is 0.0527. The van der Waals surface area contributed by atoms with Crippen molar-refractivity contribution in [3.8, 4) is 5.88 Å². The highest BCUT2D eigenvalue weighted by molar-refractivity contribution is 6.31. The Kier molecular flexibility index (Phi) is 8.71.